The number of rotatable bonds is 4. The highest BCUT2D eigenvalue weighted by molar-refractivity contribution is 7.09. The second-order valence-corrected chi connectivity index (χ2v) is 5.58. The van der Waals surface area contributed by atoms with E-state index >= 15 is 0 Å². The quantitative estimate of drug-likeness (QED) is 0.688. The summed E-state index contributed by atoms with van der Waals surface area (Å²) in [5.41, 5.74) is -0.0214. The first kappa shape index (κ1) is 14.0. The normalized spacial score (nSPS) is 10.8. The van der Waals surface area contributed by atoms with Crippen LogP contribution in [0.2, 0.25) is 0 Å². The summed E-state index contributed by atoms with van der Waals surface area (Å²) in [6.45, 7) is 3.88. The zero-order valence-electron chi connectivity index (χ0n) is 11.0. The van der Waals surface area contributed by atoms with Crippen LogP contribution in [-0.2, 0) is 5.54 Å². The van der Waals surface area contributed by atoms with Gasteiger partial charge in [0.2, 0.25) is 0 Å². The van der Waals surface area contributed by atoms with Crippen LogP contribution in [0.4, 0.5) is 11.4 Å². The zero-order valence-corrected chi connectivity index (χ0v) is 11.8. The second-order valence-electron chi connectivity index (χ2n) is 4.69. The molecule has 7 heteroatoms. The number of nitriles is 1. The minimum Gasteiger partial charge on any atom is -0.374 e. The van der Waals surface area contributed by atoms with Gasteiger partial charge in [0, 0.05) is 23.3 Å². The Kier molecular flexibility index (Phi) is 3.68. The van der Waals surface area contributed by atoms with Gasteiger partial charge < -0.3 is 5.32 Å². The lowest BCUT2D eigenvalue weighted by Crippen LogP contribution is -2.27. The molecule has 0 saturated carbocycles. The molecule has 6 nitrogen and oxygen atoms in total. The highest BCUT2D eigenvalue weighted by Gasteiger charge is 2.24. The summed E-state index contributed by atoms with van der Waals surface area (Å²) in [4.78, 5) is 14.6. The van der Waals surface area contributed by atoms with Crippen molar-refractivity contribution in [1.29, 1.82) is 5.26 Å². The van der Waals surface area contributed by atoms with E-state index in [-0.39, 0.29) is 11.3 Å². The van der Waals surface area contributed by atoms with Crippen LogP contribution in [0.1, 0.15) is 24.4 Å². The molecule has 1 heterocycles. The summed E-state index contributed by atoms with van der Waals surface area (Å²) in [7, 11) is 0. The van der Waals surface area contributed by atoms with E-state index in [1.54, 1.807) is 12.3 Å². The van der Waals surface area contributed by atoms with Gasteiger partial charge in [-0.3, -0.25) is 10.1 Å². The van der Waals surface area contributed by atoms with Gasteiger partial charge >= 0.3 is 0 Å². The first-order valence-electron chi connectivity index (χ1n) is 5.81. The summed E-state index contributed by atoms with van der Waals surface area (Å²) < 4.78 is 0. The molecule has 0 radical (unpaired) electrons. The van der Waals surface area contributed by atoms with Crippen molar-refractivity contribution >= 4 is 22.7 Å². The van der Waals surface area contributed by atoms with Crippen LogP contribution >= 0.6 is 11.3 Å². The fourth-order valence-corrected chi connectivity index (χ4v) is 2.52. The molecular formula is C13H12N4O2S. The van der Waals surface area contributed by atoms with Crippen molar-refractivity contribution in [3.05, 3.63) is 50.5 Å². The lowest BCUT2D eigenvalue weighted by molar-refractivity contribution is -0.385. The third kappa shape index (κ3) is 2.75. The van der Waals surface area contributed by atoms with Crippen LogP contribution in [0.5, 0.6) is 0 Å². The van der Waals surface area contributed by atoms with E-state index in [0.717, 1.165) is 5.01 Å². The number of hydrogen-bond donors (Lipinski definition) is 1. The molecule has 1 aromatic carbocycles. The number of benzene rings is 1. The molecule has 0 aliphatic rings. The Morgan fingerprint density at radius 2 is 2.25 bits per heavy atom. The molecule has 0 unspecified atom stereocenters. The Balaban J connectivity index is 2.33. The lowest BCUT2D eigenvalue weighted by atomic mass is 10.1. The van der Waals surface area contributed by atoms with Gasteiger partial charge in [0.25, 0.3) is 5.69 Å². The molecular weight excluding hydrogens is 276 g/mol. The maximum Gasteiger partial charge on any atom is 0.289 e. The Labute approximate surface area is 119 Å². The minimum absolute atomic E-state index is 0.0487. The highest BCUT2D eigenvalue weighted by atomic mass is 32.1. The van der Waals surface area contributed by atoms with Crippen LogP contribution < -0.4 is 5.32 Å². The lowest BCUT2D eigenvalue weighted by Gasteiger charge is -2.25. The van der Waals surface area contributed by atoms with Gasteiger partial charge in [-0.05, 0) is 26.0 Å². The fourth-order valence-electron chi connectivity index (χ4n) is 1.80. The molecule has 0 saturated heterocycles. The molecule has 2 rings (SSSR count). The summed E-state index contributed by atoms with van der Waals surface area (Å²) in [5.74, 6) is 0. The third-order valence-corrected chi connectivity index (χ3v) is 3.84. The molecule has 2 aromatic rings. The van der Waals surface area contributed by atoms with Crippen molar-refractivity contribution in [3.8, 4) is 6.07 Å². The van der Waals surface area contributed by atoms with Crippen molar-refractivity contribution in [2.75, 3.05) is 5.32 Å². The third-order valence-electron chi connectivity index (χ3n) is 2.74. The Hall–Kier alpha value is -2.46. The largest absolute Gasteiger partial charge is 0.374 e. The summed E-state index contributed by atoms with van der Waals surface area (Å²) in [6, 6.07) is 6.28. The maximum absolute atomic E-state index is 10.9. The van der Waals surface area contributed by atoms with E-state index in [2.05, 4.69) is 10.3 Å². The number of hydrogen-bond acceptors (Lipinski definition) is 6. The van der Waals surface area contributed by atoms with E-state index in [1.165, 1.54) is 23.5 Å². The molecule has 0 bridgehead atoms. The number of anilines is 1. The molecule has 0 spiro atoms. The number of nitro benzene ring substituents is 1. The zero-order chi connectivity index (χ0) is 14.8. The highest BCUT2D eigenvalue weighted by Crippen LogP contribution is 2.29. The van der Waals surface area contributed by atoms with E-state index in [9.17, 15) is 10.1 Å². The first-order chi connectivity index (χ1) is 9.44. The van der Waals surface area contributed by atoms with Crippen LogP contribution in [0.15, 0.2) is 29.8 Å². The van der Waals surface area contributed by atoms with Gasteiger partial charge in [-0.25, -0.2) is 4.98 Å². The molecule has 1 N–H and O–H groups in total. The average Bonchev–Trinajstić information content (AvgIpc) is 2.92. The number of nitrogens with one attached hydrogen (secondary N) is 1. The Morgan fingerprint density at radius 1 is 1.50 bits per heavy atom. The SMILES string of the molecule is CC(C)(Nc1ccc(C#N)c([N+](=O)[O-])c1)c1nccs1. The van der Waals surface area contributed by atoms with Gasteiger partial charge in [-0.2, -0.15) is 5.26 Å². The maximum atomic E-state index is 10.9. The molecule has 0 aliphatic heterocycles. The summed E-state index contributed by atoms with van der Waals surface area (Å²) in [5, 5.41) is 25.8. The monoisotopic (exact) mass is 288 g/mol. The molecule has 0 atom stereocenters. The summed E-state index contributed by atoms with van der Waals surface area (Å²) in [6.07, 6.45) is 1.71. The van der Waals surface area contributed by atoms with E-state index in [0.29, 0.717) is 5.69 Å². The van der Waals surface area contributed by atoms with Gasteiger partial charge in [-0.1, -0.05) is 0 Å². The van der Waals surface area contributed by atoms with Crippen molar-refractivity contribution in [3.63, 3.8) is 0 Å². The van der Waals surface area contributed by atoms with Gasteiger partial charge in [0.1, 0.15) is 16.6 Å². The van der Waals surface area contributed by atoms with Crippen LogP contribution in [0, 0.1) is 21.4 Å². The molecule has 0 amide bonds. The molecule has 20 heavy (non-hydrogen) atoms. The van der Waals surface area contributed by atoms with E-state index in [4.69, 9.17) is 5.26 Å². The van der Waals surface area contributed by atoms with Crippen LogP contribution in [-0.4, -0.2) is 9.91 Å². The molecule has 0 aliphatic carbocycles. The number of thiazole rings is 1. The van der Waals surface area contributed by atoms with E-state index < -0.39 is 10.5 Å². The van der Waals surface area contributed by atoms with Gasteiger partial charge in [0.15, 0.2) is 0 Å². The number of nitrogens with zero attached hydrogens (tertiary/aromatic N) is 3. The van der Waals surface area contributed by atoms with Crippen molar-refractivity contribution in [1.82, 2.24) is 4.98 Å². The van der Waals surface area contributed by atoms with Gasteiger partial charge in [0.05, 0.1) is 10.5 Å². The molecule has 102 valence electrons. The van der Waals surface area contributed by atoms with Crippen LogP contribution in [0.3, 0.4) is 0 Å². The minimum atomic E-state index is -0.555. The fraction of sp³-hybridized carbons (Fsp3) is 0.231. The smallest absolute Gasteiger partial charge is 0.289 e. The molecule has 1 aromatic heterocycles. The average molecular weight is 288 g/mol. The van der Waals surface area contributed by atoms with E-state index in [1.807, 2.05) is 25.3 Å². The predicted molar refractivity (Wildman–Crippen MR) is 76.6 cm³/mol. The van der Waals surface area contributed by atoms with Crippen molar-refractivity contribution in [2.24, 2.45) is 0 Å². The second kappa shape index (κ2) is 5.27. The molecule has 0 fully saturated rings. The first-order valence-corrected chi connectivity index (χ1v) is 6.69. The number of nitro groups is 1. The Bertz CT molecular complexity index is 674. The van der Waals surface area contributed by atoms with Crippen molar-refractivity contribution < 1.29 is 4.92 Å². The van der Waals surface area contributed by atoms with Crippen LogP contribution in [0.25, 0.3) is 0 Å². The van der Waals surface area contributed by atoms with Crippen molar-refractivity contribution in [2.45, 2.75) is 19.4 Å². The Morgan fingerprint density at radius 3 is 2.80 bits per heavy atom. The standard InChI is InChI=1S/C13H12N4O2S/c1-13(2,12-15-5-6-20-12)16-10-4-3-9(8-14)11(7-10)17(18)19/h3-7,16H,1-2H3. The predicted octanol–water partition coefficient (Wildman–Crippen LogP) is 3.27. The summed E-state index contributed by atoms with van der Waals surface area (Å²) >= 11 is 1.51. The topological polar surface area (TPSA) is 91.8 Å². The number of aromatic nitrogens is 1. The van der Waals surface area contributed by atoms with Gasteiger partial charge in [-0.15, -0.1) is 11.3 Å².